The molecule has 0 spiro atoms. The van der Waals surface area contributed by atoms with E-state index in [9.17, 15) is 32.3 Å². The summed E-state index contributed by atoms with van der Waals surface area (Å²) >= 11 is 0. The molecule has 1 aromatic carbocycles. The number of imide groups is 1. The van der Waals surface area contributed by atoms with Crippen molar-refractivity contribution in [1.29, 1.82) is 0 Å². The molecule has 0 saturated carbocycles. The Morgan fingerprint density at radius 2 is 1.78 bits per heavy atom. The maximum Gasteiger partial charge on any atom is 0.573 e. The van der Waals surface area contributed by atoms with Crippen molar-refractivity contribution in [3.63, 3.8) is 0 Å². The summed E-state index contributed by atoms with van der Waals surface area (Å²) in [5.41, 5.74) is -1.30. The molecular weight excluding hydrogens is 433 g/mol. The lowest BCUT2D eigenvalue weighted by atomic mass is 9.92. The van der Waals surface area contributed by atoms with Gasteiger partial charge in [0.05, 0.1) is 0 Å². The van der Waals surface area contributed by atoms with Crippen LogP contribution in [-0.2, 0) is 19.9 Å². The molecule has 2 aliphatic rings. The minimum atomic E-state index is -4.85. The van der Waals surface area contributed by atoms with Gasteiger partial charge in [-0.05, 0) is 37.5 Å². The fourth-order valence-corrected chi connectivity index (χ4v) is 3.78. The molecule has 2 fully saturated rings. The maximum absolute atomic E-state index is 12.9. The van der Waals surface area contributed by atoms with Crippen molar-refractivity contribution in [2.75, 3.05) is 19.6 Å². The summed E-state index contributed by atoms with van der Waals surface area (Å²) in [6.07, 6.45) is -3.72. The van der Waals surface area contributed by atoms with Crippen LogP contribution in [-0.4, -0.2) is 65.6 Å². The van der Waals surface area contributed by atoms with E-state index in [0.29, 0.717) is 25.9 Å². The zero-order chi connectivity index (χ0) is 23.7. The molecule has 12 heteroatoms. The van der Waals surface area contributed by atoms with Crippen LogP contribution in [0.15, 0.2) is 24.3 Å². The molecule has 32 heavy (non-hydrogen) atoms. The van der Waals surface area contributed by atoms with E-state index < -0.39 is 42.0 Å². The van der Waals surface area contributed by atoms with Crippen molar-refractivity contribution < 1.29 is 37.1 Å². The van der Waals surface area contributed by atoms with E-state index in [2.05, 4.69) is 15.4 Å². The minimum absolute atomic E-state index is 0.0357. The number of piperidine rings is 1. The molecule has 0 aromatic heterocycles. The Morgan fingerprint density at radius 3 is 2.31 bits per heavy atom. The largest absolute Gasteiger partial charge is 0.573 e. The van der Waals surface area contributed by atoms with Crippen LogP contribution in [0.3, 0.4) is 0 Å². The van der Waals surface area contributed by atoms with E-state index >= 15 is 0 Å². The molecule has 1 atom stereocenters. The highest BCUT2D eigenvalue weighted by molar-refractivity contribution is 6.09. The predicted molar refractivity (Wildman–Crippen MR) is 104 cm³/mol. The molecule has 1 unspecified atom stereocenters. The fraction of sp³-hybridized carbons (Fsp3) is 0.500. The Hall–Kier alpha value is -3.31. The van der Waals surface area contributed by atoms with E-state index in [0.717, 1.165) is 17.0 Å². The Kier molecular flexibility index (Phi) is 6.33. The molecule has 2 saturated heterocycles. The highest BCUT2D eigenvalue weighted by atomic mass is 19.4. The quantitative estimate of drug-likeness (QED) is 0.653. The Morgan fingerprint density at radius 1 is 1.19 bits per heavy atom. The molecular formula is C20H23F3N4O5. The van der Waals surface area contributed by atoms with Gasteiger partial charge in [-0.1, -0.05) is 12.1 Å². The third-order valence-electron chi connectivity index (χ3n) is 5.55. The van der Waals surface area contributed by atoms with Gasteiger partial charge in [0.1, 0.15) is 17.8 Å². The van der Waals surface area contributed by atoms with Gasteiger partial charge in [-0.2, -0.15) is 0 Å². The summed E-state index contributed by atoms with van der Waals surface area (Å²) in [4.78, 5) is 51.5. The van der Waals surface area contributed by atoms with Crippen LogP contribution in [0, 0.1) is 0 Å². The van der Waals surface area contributed by atoms with Gasteiger partial charge in [-0.25, -0.2) is 4.79 Å². The number of nitrogens with one attached hydrogen (secondary N) is 2. The second kappa shape index (κ2) is 8.67. The lowest BCUT2D eigenvalue weighted by Crippen LogP contribution is -2.49. The number of hydrogen-bond donors (Lipinski definition) is 2. The van der Waals surface area contributed by atoms with Crippen LogP contribution in [0.25, 0.3) is 0 Å². The molecule has 5 amide bonds. The first-order valence-electron chi connectivity index (χ1n) is 9.94. The van der Waals surface area contributed by atoms with Crippen LogP contribution >= 0.6 is 0 Å². The van der Waals surface area contributed by atoms with Gasteiger partial charge in [0.15, 0.2) is 0 Å². The number of hydrogen-bond acceptors (Lipinski definition) is 5. The zero-order valence-corrected chi connectivity index (χ0v) is 17.5. The average molecular weight is 456 g/mol. The van der Waals surface area contributed by atoms with Crippen molar-refractivity contribution in [2.45, 2.75) is 44.6 Å². The zero-order valence-electron chi connectivity index (χ0n) is 17.5. The fourth-order valence-electron chi connectivity index (χ4n) is 3.78. The van der Waals surface area contributed by atoms with Crippen molar-refractivity contribution in [3.8, 4) is 5.75 Å². The van der Waals surface area contributed by atoms with Gasteiger partial charge < -0.3 is 20.3 Å². The van der Waals surface area contributed by atoms with Crippen molar-refractivity contribution in [2.24, 2.45) is 0 Å². The lowest BCUT2D eigenvalue weighted by Gasteiger charge is -2.32. The summed E-state index contributed by atoms with van der Waals surface area (Å²) in [6, 6.07) is 3.60. The number of carbonyl (C=O) groups is 4. The molecule has 0 aliphatic carbocycles. The van der Waals surface area contributed by atoms with Crippen molar-refractivity contribution >= 4 is 23.8 Å². The van der Waals surface area contributed by atoms with E-state index in [1.807, 2.05) is 0 Å². The average Bonchev–Trinajstić information content (AvgIpc) is 2.91. The Bertz CT molecular complexity index is 913. The predicted octanol–water partition coefficient (Wildman–Crippen LogP) is 1.48. The van der Waals surface area contributed by atoms with Crippen molar-refractivity contribution in [1.82, 2.24) is 20.4 Å². The SMILES string of the molecule is CC(=O)N1CCC(NC(=O)CN2C(=O)NC(C)(c3ccc(OC(F)(F)F)cc3)C2=O)CC1. The van der Waals surface area contributed by atoms with Crippen LogP contribution in [0.2, 0.25) is 0 Å². The second-order valence-electron chi connectivity index (χ2n) is 7.87. The van der Waals surface area contributed by atoms with Gasteiger partial charge in [0.2, 0.25) is 11.8 Å². The topological polar surface area (TPSA) is 108 Å². The first kappa shape index (κ1) is 23.4. The number of ether oxygens (including phenoxy) is 1. The standard InChI is InChI=1S/C20H23F3N4O5/c1-12(28)26-9-7-14(8-10-26)24-16(29)11-27-17(30)19(2,25-18(27)31)13-3-5-15(6-4-13)32-20(21,22)23/h3-6,14H,7-11H2,1-2H3,(H,24,29)(H,25,31). The third kappa shape index (κ3) is 5.11. The van der Waals surface area contributed by atoms with Crippen LogP contribution in [0.1, 0.15) is 32.3 Å². The number of amides is 5. The number of alkyl halides is 3. The van der Waals surface area contributed by atoms with Crippen LogP contribution in [0.5, 0.6) is 5.75 Å². The highest BCUT2D eigenvalue weighted by Gasteiger charge is 2.49. The van der Waals surface area contributed by atoms with Crippen LogP contribution in [0.4, 0.5) is 18.0 Å². The molecule has 0 radical (unpaired) electrons. The number of benzene rings is 1. The number of halogens is 3. The summed E-state index contributed by atoms with van der Waals surface area (Å²) in [6.45, 7) is 3.40. The molecule has 2 aliphatic heterocycles. The Balaban J connectivity index is 1.61. The summed E-state index contributed by atoms with van der Waals surface area (Å²) < 4.78 is 40.8. The second-order valence-corrected chi connectivity index (χ2v) is 7.87. The molecule has 1 aromatic rings. The monoisotopic (exact) mass is 456 g/mol. The molecule has 3 rings (SSSR count). The van der Waals surface area contributed by atoms with Gasteiger partial charge in [0, 0.05) is 26.1 Å². The summed E-state index contributed by atoms with van der Waals surface area (Å²) in [5.74, 6) is -1.72. The van der Waals surface area contributed by atoms with Gasteiger partial charge >= 0.3 is 12.4 Å². The maximum atomic E-state index is 12.9. The number of nitrogens with zero attached hydrogens (tertiary/aromatic N) is 2. The van der Waals surface area contributed by atoms with Gasteiger partial charge in [0.25, 0.3) is 5.91 Å². The summed E-state index contributed by atoms with van der Waals surface area (Å²) in [7, 11) is 0. The lowest BCUT2D eigenvalue weighted by molar-refractivity contribution is -0.274. The minimum Gasteiger partial charge on any atom is -0.406 e. The number of carbonyl (C=O) groups excluding carboxylic acids is 4. The van der Waals surface area contributed by atoms with Gasteiger partial charge in [-0.3, -0.25) is 19.3 Å². The smallest absolute Gasteiger partial charge is 0.406 e. The number of likely N-dealkylation sites (tertiary alicyclic amines) is 1. The molecule has 2 heterocycles. The molecule has 0 bridgehead atoms. The highest BCUT2D eigenvalue weighted by Crippen LogP contribution is 2.31. The van der Waals surface area contributed by atoms with Crippen LogP contribution < -0.4 is 15.4 Å². The Labute approximate surface area is 181 Å². The third-order valence-corrected chi connectivity index (χ3v) is 5.55. The van der Waals surface area contributed by atoms with E-state index in [1.54, 1.807) is 4.90 Å². The normalized spacial score (nSPS) is 22.0. The first-order chi connectivity index (χ1) is 14.9. The molecule has 9 nitrogen and oxygen atoms in total. The van der Waals surface area contributed by atoms with Crippen molar-refractivity contribution in [3.05, 3.63) is 29.8 Å². The van der Waals surface area contributed by atoms with Gasteiger partial charge in [-0.15, -0.1) is 13.2 Å². The van der Waals surface area contributed by atoms with E-state index in [-0.39, 0.29) is 17.5 Å². The molecule has 2 N–H and O–H groups in total. The van der Waals surface area contributed by atoms with E-state index in [4.69, 9.17) is 0 Å². The molecule has 174 valence electrons. The first-order valence-corrected chi connectivity index (χ1v) is 9.94. The summed E-state index contributed by atoms with van der Waals surface area (Å²) in [5, 5.41) is 5.26. The number of urea groups is 1. The van der Waals surface area contributed by atoms with E-state index in [1.165, 1.54) is 26.0 Å². The number of rotatable bonds is 5.